The Labute approximate surface area is 157 Å². The molecule has 2 aromatic rings. The third-order valence-corrected chi connectivity index (χ3v) is 5.03. The van der Waals surface area contributed by atoms with Gasteiger partial charge < -0.3 is 13.9 Å². The van der Waals surface area contributed by atoms with E-state index in [4.69, 9.17) is 9.31 Å². The highest BCUT2D eigenvalue weighted by Gasteiger charge is 2.53. The molecule has 142 valence electrons. The van der Waals surface area contributed by atoms with Gasteiger partial charge in [-0.1, -0.05) is 12.1 Å². The molecule has 0 bridgehead atoms. The van der Waals surface area contributed by atoms with E-state index < -0.39 is 24.0 Å². The SMILES string of the molecule is CC1(C)OB(C(F)=Cc2ccc(=O)n(Cc3cccc(F)c3)c2)OC1(C)C. The second-order valence-electron chi connectivity index (χ2n) is 7.68. The Morgan fingerprint density at radius 2 is 1.81 bits per heavy atom. The van der Waals surface area contributed by atoms with Crippen LogP contribution in [0.4, 0.5) is 8.78 Å². The van der Waals surface area contributed by atoms with Crippen LogP contribution in [-0.2, 0) is 15.9 Å². The van der Waals surface area contributed by atoms with Crippen molar-refractivity contribution >= 4 is 13.2 Å². The summed E-state index contributed by atoms with van der Waals surface area (Å²) in [6.07, 6.45) is 2.81. The first kappa shape index (κ1) is 19.5. The van der Waals surface area contributed by atoms with E-state index in [1.807, 2.05) is 27.7 Å². The minimum absolute atomic E-state index is 0.191. The van der Waals surface area contributed by atoms with Gasteiger partial charge >= 0.3 is 7.12 Å². The van der Waals surface area contributed by atoms with Crippen molar-refractivity contribution in [3.63, 3.8) is 0 Å². The summed E-state index contributed by atoms with van der Waals surface area (Å²) < 4.78 is 40.8. The van der Waals surface area contributed by atoms with Crippen LogP contribution in [0, 0.1) is 5.82 Å². The zero-order valence-electron chi connectivity index (χ0n) is 15.8. The third kappa shape index (κ3) is 4.20. The van der Waals surface area contributed by atoms with Gasteiger partial charge in [0.1, 0.15) is 11.5 Å². The van der Waals surface area contributed by atoms with Crippen molar-refractivity contribution in [1.82, 2.24) is 4.57 Å². The summed E-state index contributed by atoms with van der Waals surface area (Å²) in [6.45, 7) is 7.58. The van der Waals surface area contributed by atoms with Crippen molar-refractivity contribution in [2.45, 2.75) is 45.4 Å². The Hall–Kier alpha value is -2.25. The predicted molar refractivity (Wildman–Crippen MR) is 101 cm³/mol. The van der Waals surface area contributed by atoms with E-state index in [1.165, 1.54) is 41.1 Å². The predicted octanol–water partition coefficient (Wildman–Crippen LogP) is 3.98. The third-order valence-electron chi connectivity index (χ3n) is 5.03. The van der Waals surface area contributed by atoms with Gasteiger partial charge in [0.15, 0.2) is 0 Å². The lowest BCUT2D eigenvalue weighted by Gasteiger charge is -2.32. The summed E-state index contributed by atoms with van der Waals surface area (Å²) in [6, 6.07) is 8.88. The fourth-order valence-corrected chi connectivity index (χ4v) is 2.77. The molecule has 1 aliphatic rings. The van der Waals surface area contributed by atoms with Gasteiger partial charge in [-0.05, 0) is 63.1 Å². The van der Waals surface area contributed by atoms with Crippen molar-refractivity contribution in [1.29, 1.82) is 0 Å². The molecule has 0 aliphatic carbocycles. The number of benzene rings is 1. The Morgan fingerprint density at radius 1 is 1.15 bits per heavy atom. The molecule has 0 saturated carbocycles. The molecular formula is C20H22BF2NO3. The fraction of sp³-hybridized carbons (Fsp3) is 0.350. The van der Waals surface area contributed by atoms with E-state index in [1.54, 1.807) is 12.1 Å². The highest BCUT2D eigenvalue weighted by atomic mass is 19.1. The van der Waals surface area contributed by atoms with Crippen molar-refractivity contribution in [3.8, 4) is 0 Å². The molecule has 3 rings (SSSR count). The van der Waals surface area contributed by atoms with Crippen LogP contribution in [0.5, 0.6) is 0 Å². The highest BCUT2D eigenvalue weighted by Crippen LogP contribution is 2.39. The van der Waals surface area contributed by atoms with E-state index in [0.717, 1.165) is 0 Å². The van der Waals surface area contributed by atoms with Crippen molar-refractivity contribution in [2.24, 2.45) is 0 Å². The largest absolute Gasteiger partial charge is 0.525 e. The number of nitrogens with zero attached hydrogens (tertiary/aromatic N) is 1. The monoisotopic (exact) mass is 373 g/mol. The second-order valence-corrected chi connectivity index (χ2v) is 7.68. The van der Waals surface area contributed by atoms with Crippen LogP contribution < -0.4 is 5.56 Å². The first-order valence-electron chi connectivity index (χ1n) is 8.75. The molecule has 0 N–H and O–H groups in total. The van der Waals surface area contributed by atoms with E-state index in [0.29, 0.717) is 11.1 Å². The molecule has 0 radical (unpaired) electrons. The maximum Gasteiger partial charge on any atom is 0.525 e. The van der Waals surface area contributed by atoms with E-state index in [-0.39, 0.29) is 17.9 Å². The molecule has 1 aliphatic heterocycles. The molecular weight excluding hydrogens is 351 g/mol. The van der Waals surface area contributed by atoms with E-state index >= 15 is 0 Å². The van der Waals surface area contributed by atoms with Crippen LogP contribution in [0.25, 0.3) is 6.08 Å². The first-order valence-corrected chi connectivity index (χ1v) is 8.75. The molecule has 0 atom stereocenters. The zero-order chi connectivity index (χ0) is 19.8. The first-order chi connectivity index (χ1) is 12.6. The summed E-state index contributed by atoms with van der Waals surface area (Å²) in [7, 11) is -1.10. The number of aromatic nitrogens is 1. The minimum atomic E-state index is -1.10. The smallest absolute Gasteiger partial charge is 0.398 e. The lowest BCUT2D eigenvalue weighted by molar-refractivity contribution is 0.00578. The normalized spacial score (nSPS) is 18.7. The van der Waals surface area contributed by atoms with Gasteiger partial charge in [0.05, 0.1) is 17.7 Å². The molecule has 4 nitrogen and oxygen atoms in total. The number of halogens is 2. The number of rotatable bonds is 4. The summed E-state index contributed by atoms with van der Waals surface area (Å²) in [5, 5.41) is 0. The average molecular weight is 373 g/mol. The Morgan fingerprint density at radius 3 is 2.44 bits per heavy atom. The standard InChI is InChI=1S/C20H22BF2NO3/c1-19(2)20(3,4)27-21(26-19)17(23)11-15-8-9-18(25)24(13-15)12-14-6-5-7-16(22)10-14/h5-11,13H,12H2,1-4H3. The molecule has 0 spiro atoms. The van der Waals surface area contributed by atoms with Crippen molar-refractivity contribution < 1.29 is 18.1 Å². The van der Waals surface area contributed by atoms with Crippen molar-refractivity contribution in [3.05, 3.63) is 75.6 Å². The zero-order valence-corrected chi connectivity index (χ0v) is 15.8. The Bertz CT molecular complexity index is 921. The van der Waals surface area contributed by atoms with E-state index in [9.17, 15) is 13.6 Å². The van der Waals surface area contributed by atoms with Gasteiger partial charge in [-0.25, -0.2) is 8.78 Å². The van der Waals surface area contributed by atoms with Gasteiger partial charge in [0.25, 0.3) is 5.56 Å². The summed E-state index contributed by atoms with van der Waals surface area (Å²) in [5.74, 6) is -0.372. The molecule has 0 amide bonds. The molecule has 1 saturated heterocycles. The van der Waals surface area contributed by atoms with Gasteiger partial charge in [-0.3, -0.25) is 4.79 Å². The molecule has 2 heterocycles. The van der Waals surface area contributed by atoms with Gasteiger partial charge in [-0.15, -0.1) is 0 Å². The van der Waals surface area contributed by atoms with Crippen LogP contribution in [0.15, 0.2) is 53.1 Å². The van der Waals surface area contributed by atoms with Crippen LogP contribution in [-0.4, -0.2) is 22.9 Å². The molecule has 0 unspecified atom stereocenters. The number of hydrogen-bond acceptors (Lipinski definition) is 3. The van der Waals surface area contributed by atoms with Crippen LogP contribution in [0.1, 0.15) is 38.8 Å². The maximum absolute atomic E-state index is 14.7. The van der Waals surface area contributed by atoms with Gasteiger partial charge in [0.2, 0.25) is 0 Å². The minimum Gasteiger partial charge on any atom is -0.398 e. The molecule has 7 heteroatoms. The summed E-state index contributed by atoms with van der Waals surface area (Å²) >= 11 is 0. The van der Waals surface area contributed by atoms with Crippen LogP contribution in [0.2, 0.25) is 0 Å². The van der Waals surface area contributed by atoms with E-state index in [2.05, 4.69) is 0 Å². The quantitative estimate of drug-likeness (QED) is 0.762. The highest BCUT2D eigenvalue weighted by molar-refractivity contribution is 6.54. The van der Waals surface area contributed by atoms with Crippen LogP contribution >= 0.6 is 0 Å². The summed E-state index contributed by atoms with van der Waals surface area (Å²) in [5.41, 5.74) is -0.988. The molecule has 1 aromatic carbocycles. The molecule has 1 fully saturated rings. The topological polar surface area (TPSA) is 40.5 Å². The van der Waals surface area contributed by atoms with Gasteiger partial charge in [-0.2, -0.15) is 0 Å². The average Bonchev–Trinajstić information content (AvgIpc) is 2.79. The number of pyridine rings is 1. The second kappa shape index (κ2) is 7.05. The Balaban J connectivity index is 1.84. The molecule has 1 aromatic heterocycles. The summed E-state index contributed by atoms with van der Waals surface area (Å²) in [4.78, 5) is 12.1. The van der Waals surface area contributed by atoms with Crippen LogP contribution in [0.3, 0.4) is 0 Å². The lowest BCUT2D eigenvalue weighted by Crippen LogP contribution is -2.41. The maximum atomic E-state index is 14.7. The van der Waals surface area contributed by atoms with Crippen molar-refractivity contribution in [2.75, 3.05) is 0 Å². The Kier molecular flexibility index (Phi) is 5.10. The lowest BCUT2D eigenvalue weighted by atomic mass is 9.87. The fourth-order valence-electron chi connectivity index (χ4n) is 2.77. The number of hydrogen-bond donors (Lipinski definition) is 0. The van der Waals surface area contributed by atoms with Gasteiger partial charge in [0, 0.05) is 12.3 Å². The molecule has 27 heavy (non-hydrogen) atoms.